The van der Waals surface area contributed by atoms with Crippen LogP contribution in [-0.4, -0.2) is 17.6 Å². The molecular weight excluding hydrogens is 319 g/mol. The van der Waals surface area contributed by atoms with E-state index in [2.05, 4.69) is 5.32 Å². The predicted molar refractivity (Wildman–Crippen MR) is 83.8 cm³/mol. The molecule has 0 aromatic heterocycles. The first-order chi connectivity index (χ1) is 11.2. The quantitative estimate of drug-likeness (QED) is 0.880. The van der Waals surface area contributed by atoms with Crippen LogP contribution in [0, 0.1) is 17.5 Å². The van der Waals surface area contributed by atoms with E-state index in [-0.39, 0.29) is 17.7 Å². The molecule has 0 saturated heterocycles. The van der Waals surface area contributed by atoms with Crippen molar-refractivity contribution in [2.24, 2.45) is 0 Å². The van der Waals surface area contributed by atoms with Crippen molar-refractivity contribution in [2.75, 3.05) is 6.54 Å². The number of amides is 1. The zero-order valence-electron chi connectivity index (χ0n) is 13.3. The summed E-state index contributed by atoms with van der Waals surface area (Å²) in [6, 6.07) is 8.69. The van der Waals surface area contributed by atoms with Crippen molar-refractivity contribution in [2.45, 2.75) is 25.4 Å². The van der Waals surface area contributed by atoms with Crippen molar-refractivity contribution >= 4 is 5.91 Å². The van der Waals surface area contributed by atoms with Crippen LogP contribution in [0.4, 0.5) is 13.2 Å². The third-order valence-corrected chi connectivity index (χ3v) is 3.88. The van der Waals surface area contributed by atoms with E-state index < -0.39 is 34.9 Å². The first-order valence-corrected chi connectivity index (χ1v) is 7.42. The summed E-state index contributed by atoms with van der Waals surface area (Å²) in [6.07, 6.45) is 0. The van der Waals surface area contributed by atoms with E-state index >= 15 is 0 Å². The van der Waals surface area contributed by atoms with Gasteiger partial charge in [0, 0.05) is 11.6 Å². The van der Waals surface area contributed by atoms with E-state index in [1.165, 1.54) is 32.0 Å². The Labute approximate surface area is 138 Å². The molecule has 2 rings (SSSR count). The lowest BCUT2D eigenvalue weighted by Crippen LogP contribution is -2.40. The maximum absolute atomic E-state index is 13.8. The summed E-state index contributed by atoms with van der Waals surface area (Å²) in [5.74, 6) is -3.46. The van der Waals surface area contributed by atoms with Gasteiger partial charge in [0.2, 0.25) is 5.91 Å². The van der Waals surface area contributed by atoms with E-state index in [1.54, 1.807) is 6.07 Å². The highest BCUT2D eigenvalue weighted by Crippen LogP contribution is 2.24. The molecule has 0 spiro atoms. The summed E-state index contributed by atoms with van der Waals surface area (Å²) in [5.41, 5.74) is -1.65. The molecule has 3 nitrogen and oxygen atoms in total. The van der Waals surface area contributed by atoms with Gasteiger partial charge >= 0.3 is 0 Å². The fourth-order valence-corrected chi connectivity index (χ4v) is 2.40. The van der Waals surface area contributed by atoms with Gasteiger partial charge in [-0.15, -0.1) is 0 Å². The number of carbonyl (C=O) groups excluding carboxylic acids is 1. The van der Waals surface area contributed by atoms with Crippen LogP contribution in [0.2, 0.25) is 0 Å². The van der Waals surface area contributed by atoms with Crippen molar-refractivity contribution in [1.29, 1.82) is 0 Å². The summed E-state index contributed by atoms with van der Waals surface area (Å²) < 4.78 is 40.5. The van der Waals surface area contributed by atoms with Crippen LogP contribution in [0.1, 0.15) is 30.9 Å². The third-order valence-electron chi connectivity index (χ3n) is 3.88. The number of hydrogen-bond donors (Lipinski definition) is 2. The minimum absolute atomic E-state index is 0.136. The van der Waals surface area contributed by atoms with Gasteiger partial charge in [0.25, 0.3) is 0 Å². The molecule has 0 aliphatic rings. The second-order valence-electron chi connectivity index (χ2n) is 5.86. The molecule has 2 unspecified atom stereocenters. The summed E-state index contributed by atoms with van der Waals surface area (Å²) in [6.45, 7) is 2.53. The Morgan fingerprint density at radius 3 is 2.46 bits per heavy atom. The molecule has 0 aliphatic heterocycles. The monoisotopic (exact) mass is 337 g/mol. The first-order valence-electron chi connectivity index (χ1n) is 7.42. The normalized spacial score (nSPS) is 14.8. The van der Waals surface area contributed by atoms with Gasteiger partial charge in [-0.2, -0.15) is 0 Å². The number of carbonyl (C=O) groups is 1. The second kappa shape index (κ2) is 7.05. The van der Waals surface area contributed by atoms with E-state index in [1.807, 2.05) is 0 Å². The molecule has 0 bridgehead atoms. The number of benzene rings is 2. The van der Waals surface area contributed by atoms with Crippen LogP contribution in [0.25, 0.3) is 0 Å². The standard InChI is InChI=1S/C18H18F3NO2/c1-11(13-5-3-4-6-15(13)20)17(23)22-10-18(2,24)14-8-7-12(19)9-16(14)21/h3-9,11,24H,10H2,1-2H3,(H,22,23). The van der Waals surface area contributed by atoms with Crippen molar-refractivity contribution in [3.63, 3.8) is 0 Å². The number of halogens is 3. The molecule has 2 N–H and O–H groups in total. The third kappa shape index (κ3) is 3.94. The zero-order valence-corrected chi connectivity index (χ0v) is 13.3. The van der Waals surface area contributed by atoms with Gasteiger partial charge in [-0.05, 0) is 31.5 Å². The summed E-state index contributed by atoms with van der Waals surface area (Å²) in [7, 11) is 0. The van der Waals surface area contributed by atoms with Crippen molar-refractivity contribution < 1.29 is 23.1 Å². The summed E-state index contributed by atoms with van der Waals surface area (Å²) in [4.78, 5) is 12.2. The molecule has 2 atom stereocenters. The molecule has 1 amide bonds. The maximum atomic E-state index is 13.8. The lowest BCUT2D eigenvalue weighted by molar-refractivity contribution is -0.123. The zero-order chi connectivity index (χ0) is 17.9. The smallest absolute Gasteiger partial charge is 0.227 e. The average molecular weight is 337 g/mol. The Morgan fingerprint density at radius 2 is 1.83 bits per heavy atom. The molecule has 2 aromatic rings. The lowest BCUT2D eigenvalue weighted by Gasteiger charge is -2.25. The van der Waals surface area contributed by atoms with Crippen molar-refractivity contribution in [3.8, 4) is 0 Å². The Balaban J connectivity index is 2.08. The number of hydrogen-bond acceptors (Lipinski definition) is 2. The van der Waals surface area contributed by atoms with Crippen LogP contribution >= 0.6 is 0 Å². The predicted octanol–water partition coefficient (Wildman–Crippen LogP) is 3.23. The molecule has 0 fully saturated rings. The van der Waals surface area contributed by atoms with Crippen LogP contribution in [-0.2, 0) is 10.4 Å². The fraction of sp³-hybridized carbons (Fsp3) is 0.278. The van der Waals surface area contributed by atoms with Crippen LogP contribution in [0.5, 0.6) is 0 Å². The molecular formula is C18H18F3NO2. The number of nitrogens with one attached hydrogen (secondary N) is 1. The van der Waals surface area contributed by atoms with Gasteiger partial charge in [-0.1, -0.05) is 24.3 Å². The lowest BCUT2D eigenvalue weighted by atomic mass is 9.94. The topological polar surface area (TPSA) is 49.3 Å². The molecule has 2 aromatic carbocycles. The summed E-state index contributed by atoms with van der Waals surface area (Å²) in [5, 5.41) is 12.8. The number of rotatable bonds is 5. The average Bonchev–Trinajstić information content (AvgIpc) is 2.52. The van der Waals surface area contributed by atoms with Gasteiger partial charge < -0.3 is 10.4 Å². The Bertz CT molecular complexity index is 747. The molecule has 0 heterocycles. The summed E-state index contributed by atoms with van der Waals surface area (Å²) >= 11 is 0. The minimum Gasteiger partial charge on any atom is -0.383 e. The first kappa shape index (κ1) is 18.0. The van der Waals surface area contributed by atoms with Crippen LogP contribution in [0.15, 0.2) is 42.5 Å². The molecule has 128 valence electrons. The number of aliphatic hydroxyl groups is 1. The fourth-order valence-electron chi connectivity index (χ4n) is 2.40. The Hall–Kier alpha value is -2.34. The van der Waals surface area contributed by atoms with Crippen molar-refractivity contribution in [3.05, 3.63) is 71.0 Å². The molecule has 0 aliphatic carbocycles. The van der Waals surface area contributed by atoms with E-state index in [0.717, 1.165) is 12.1 Å². The van der Waals surface area contributed by atoms with Gasteiger partial charge in [0.1, 0.15) is 23.1 Å². The SMILES string of the molecule is CC(C(=O)NCC(C)(O)c1ccc(F)cc1F)c1ccccc1F. The van der Waals surface area contributed by atoms with Gasteiger partial charge in [0.15, 0.2) is 0 Å². The molecule has 0 saturated carbocycles. The van der Waals surface area contributed by atoms with Crippen LogP contribution < -0.4 is 5.32 Å². The molecule has 24 heavy (non-hydrogen) atoms. The highest BCUT2D eigenvalue weighted by Gasteiger charge is 2.28. The van der Waals surface area contributed by atoms with E-state index in [9.17, 15) is 23.1 Å². The highest BCUT2D eigenvalue weighted by molar-refractivity contribution is 5.83. The van der Waals surface area contributed by atoms with E-state index in [4.69, 9.17) is 0 Å². The Kier molecular flexibility index (Phi) is 5.29. The molecule has 6 heteroatoms. The highest BCUT2D eigenvalue weighted by atomic mass is 19.1. The molecule has 0 radical (unpaired) electrons. The van der Waals surface area contributed by atoms with Gasteiger partial charge in [-0.3, -0.25) is 4.79 Å². The largest absolute Gasteiger partial charge is 0.383 e. The second-order valence-corrected chi connectivity index (χ2v) is 5.86. The van der Waals surface area contributed by atoms with Gasteiger partial charge in [-0.25, -0.2) is 13.2 Å². The minimum atomic E-state index is -1.73. The van der Waals surface area contributed by atoms with Gasteiger partial charge in [0.05, 0.1) is 12.5 Å². The van der Waals surface area contributed by atoms with E-state index in [0.29, 0.717) is 6.07 Å². The van der Waals surface area contributed by atoms with Crippen molar-refractivity contribution in [1.82, 2.24) is 5.32 Å². The maximum Gasteiger partial charge on any atom is 0.227 e. The van der Waals surface area contributed by atoms with Crippen LogP contribution in [0.3, 0.4) is 0 Å². The Morgan fingerprint density at radius 1 is 1.17 bits per heavy atom.